The molecule has 0 saturated heterocycles. The first-order valence-corrected chi connectivity index (χ1v) is 7.82. The second-order valence-electron chi connectivity index (χ2n) is 6.87. The first-order valence-electron chi connectivity index (χ1n) is 7.82. The molecule has 0 heterocycles. The van der Waals surface area contributed by atoms with Crippen LogP contribution in [0.25, 0.3) is 0 Å². The van der Waals surface area contributed by atoms with Crippen molar-refractivity contribution >= 4 is 12.3 Å². The van der Waals surface area contributed by atoms with Gasteiger partial charge < -0.3 is 14.6 Å². The maximum absolute atomic E-state index is 11.2. The second-order valence-corrected chi connectivity index (χ2v) is 6.87. The van der Waals surface area contributed by atoms with Gasteiger partial charge in [0.15, 0.2) is 0 Å². The molecular weight excluding hydrogens is 268 g/mol. The molecule has 0 bridgehead atoms. The van der Waals surface area contributed by atoms with Crippen molar-refractivity contribution in [3.05, 3.63) is 11.6 Å². The van der Waals surface area contributed by atoms with Crippen LogP contribution in [0.2, 0.25) is 0 Å². The van der Waals surface area contributed by atoms with Crippen molar-refractivity contribution in [1.29, 1.82) is 0 Å². The van der Waals surface area contributed by atoms with Gasteiger partial charge >= 0.3 is 5.97 Å². The highest BCUT2D eigenvalue weighted by Gasteiger charge is 2.52. The summed E-state index contributed by atoms with van der Waals surface area (Å²) in [6, 6.07) is 0. The van der Waals surface area contributed by atoms with Gasteiger partial charge in [0.2, 0.25) is 0 Å². The molecule has 2 aliphatic carbocycles. The van der Waals surface area contributed by atoms with Crippen LogP contribution in [0.5, 0.6) is 0 Å². The summed E-state index contributed by atoms with van der Waals surface area (Å²) in [6.07, 6.45) is 4.96. The Kier molecular flexibility index (Phi) is 4.57. The van der Waals surface area contributed by atoms with Gasteiger partial charge in [0.05, 0.1) is 5.60 Å². The molecule has 0 aromatic carbocycles. The minimum Gasteiger partial charge on any atom is -0.458 e. The predicted octanol–water partition coefficient (Wildman–Crippen LogP) is 2.50. The molecule has 0 amide bonds. The number of esters is 1. The maximum atomic E-state index is 11.2. The molecule has 1 saturated carbocycles. The number of carbonyl (C=O) groups is 2. The number of ether oxygens (including phenoxy) is 1. The summed E-state index contributed by atoms with van der Waals surface area (Å²) in [5.41, 5.74) is 0.0943. The van der Waals surface area contributed by atoms with Gasteiger partial charge in [0.25, 0.3) is 0 Å². The first kappa shape index (κ1) is 16.2. The summed E-state index contributed by atoms with van der Waals surface area (Å²) < 4.78 is 5.35. The van der Waals surface area contributed by atoms with E-state index in [4.69, 9.17) is 4.74 Å². The van der Waals surface area contributed by atoms with Gasteiger partial charge in [-0.3, -0.25) is 4.79 Å². The van der Waals surface area contributed by atoms with Crippen molar-refractivity contribution in [1.82, 2.24) is 0 Å². The van der Waals surface area contributed by atoms with Gasteiger partial charge in [-0.25, -0.2) is 0 Å². The molecule has 0 radical (unpaired) electrons. The lowest BCUT2D eigenvalue weighted by atomic mass is 9.57. The van der Waals surface area contributed by atoms with Gasteiger partial charge in [0, 0.05) is 25.2 Å². The first-order chi connectivity index (χ1) is 9.79. The fourth-order valence-electron chi connectivity index (χ4n) is 4.05. The molecule has 0 aromatic heterocycles. The largest absolute Gasteiger partial charge is 0.458 e. The Balaban J connectivity index is 2.35. The highest BCUT2D eigenvalue weighted by Crippen LogP contribution is 2.50. The quantitative estimate of drug-likeness (QED) is 0.493. The Labute approximate surface area is 126 Å². The van der Waals surface area contributed by atoms with E-state index in [2.05, 4.69) is 0 Å². The molecular formula is C17H26O4. The molecule has 1 fully saturated rings. The number of hydrogen-bond donors (Lipinski definition) is 1. The molecule has 4 nitrogen and oxygen atoms in total. The lowest BCUT2D eigenvalue weighted by molar-refractivity contribution is -0.159. The number of aldehydes is 1. The molecule has 0 unspecified atom stereocenters. The summed E-state index contributed by atoms with van der Waals surface area (Å²) >= 11 is 0. The Bertz CT molecular complexity index is 456. The molecule has 4 heteroatoms. The molecule has 0 aliphatic heterocycles. The average Bonchev–Trinajstić information content (AvgIpc) is 2.41. The van der Waals surface area contributed by atoms with Crippen LogP contribution in [0, 0.1) is 23.7 Å². The lowest BCUT2D eigenvalue weighted by Gasteiger charge is -2.52. The molecule has 0 spiro atoms. The van der Waals surface area contributed by atoms with Crippen LogP contribution in [0.15, 0.2) is 11.6 Å². The minimum atomic E-state index is -0.889. The van der Waals surface area contributed by atoms with Crippen LogP contribution >= 0.6 is 0 Å². The summed E-state index contributed by atoms with van der Waals surface area (Å²) in [5.74, 6) is -0.121. The summed E-state index contributed by atoms with van der Waals surface area (Å²) in [5, 5.41) is 11.2. The van der Waals surface area contributed by atoms with Gasteiger partial charge in [-0.1, -0.05) is 19.9 Å². The third kappa shape index (κ3) is 2.91. The highest BCUT2D eigenvalue weighted by molar-refractivity contribution is 5.66. The topological polar surface area (TPSA) is 63.6 Å². The van der Waals surface area contributed by atoms with E-state index >= 15 is 0 Å². The third-order valence-electron chi connectivity index (χ3n) is 5.49. The van der Waals surface area contributed by atoms with Gasteiger partial charge in [0.1, 0.15) is 12.4 Å². The fraction of sp³-hybridized carbons (Fsp3) is 0.765. The minimum absolute atomic E-state index is 0.0340. The van der Waals surface area contributed by atoms with Crippen LogP contribution < -0.4 is 0 Å². The van der Waals surface area contributed by atoms with Gasteiger partial charge in [-0.2, -0.15) is 0 Å². The van der Waals surface area contributed by atoms with Crippen LogP contribution in [0.4, 0.5) is 0 Å². The zero-order chi connectivity index (χ0) is 15.8. The predicted molar refractivity (Wildman–Crippen MR) is 79.5 cm³/mol. The second kappa shape index (κ2) is 5.91. The fourth-order valence-corrected chi connectivity index (χ4v) is 4.05. The molecule has 1 N–H and O–H groups in total. The molecule has 2 aliphatic rings. The van der Waals surface area contributed by atoms with Crippen LogP contribution in [0.3, 0.4) is 0 Å². The third-order valence-corrected chi connectivity index (χ3v) is 5.49. The lowest BCUT2D eigenvalue weighted by Crippen LogP contribution is -2.55. The van der Waals surface area contributed by atoms with Crippen LogP contribution in [-0.2, 0) is 14.3 Å². The van der Waals surface area contributed by atoms with Crippen molar-refractivity contribution in [3.8, 4) is 0 Å². The van der Waals surface area contributed by atoms with Crippen molar-refractivity contribution in [2.75, 3.05) is 0 Å². The van der Waals surface area contributed by atoms with Crippen molar-refractivity contribution < 1.29 is 19.4 Å². The van der Waals surface area contributed by atoms with E-state index in [1.54, 1.807) is 0 Å². The number of aliphatic hydroxyl groups is 1. The number of rotatable bonds is 3. The van der Waals surface area contributed by atoms with E-state index in [1.807, 2.05) is 26.8 Å². The van der Waals surface area contributed by atoms with Gasteiger partial charge in [-0.15, -0.1) is 0 Å². The van der Waals surface area contributed by atoms with E-state index < -0.39 is 5.60 Å². The molecule has 6 atom stereocenters. The average molecular weight is 294 g/mol. The number of fused-ring (bicyclic) bond motifs is 1. The van der Waals surface area contributed by atoms with E-state index in [9.17, 15) is 14.7 Å². The maximum Gasteiger partial charge on any atom is 0.303 e. The molecule has 2 rings (SSSR count). The normalized spacial score (nSPS) is 40.7. The van der Waals surface area contributed by atoms with Crippen LogP contribution in [-0.4, -0.2) is 29.1 Å². The zero-order valence-electron chi connectivity index (χ0n) is 13.3. The van der Waals surface area contributed by atoms with Crippen LogP contribution in [0.1, 0.15) is 47.0 Å². The van der Waals surface area contributed by atoms with Crippen molar-refractivity contribution in [3.63, 3.8) is 0 Å². The van der Waals surface area contributed by atoms with Crippen molar-refractivity contribution in [2.24, 2.45) is 23.7 Å². The SMILES string of the molecule is CC(=O)O[C@@H]1C[C@@]2(O)[C@H](C)CC[C@@H]([C@H](C)C=O)[C@H]2C=C1C. The molecule has 118 valence electrons. The Hall–Kier alpha value is -1.16. The van der Waals surface area contributed by atoms with E-state index in [1.165, 1.54) is 6.92 Å². The smallest absolute Gasteiger partial charge is 0.303 e. The summed E-state index contributed by atoms with van der Waals surface area (Å²) in [6.45, 7) is 7.31. The Morgan fingerprint density at radius 1 is 1.52 bits per heavy atom. The molecule has 21 heavy (non-hydrogen) atoms. The summed E-state index contributed by atoms with van der Waals surface area (Å²) in [7, 11) is 0. The number of carbonyl (C=O) groups excluding carboxylic acids is 2. The van der Waals surface area contributed by atoms with Gasteiger partial charge in [-0.05, 0) is 37.2 Å². The Morgan fingerprint density at radius 3 is 2.76 bits per heavy atom. The molecule has 0 aromatic rings. The Morgan fingerprint density at radius 2 is 2.19 bits per heavy atom. The monoisotopic (exact) mass is 294 g/mol. The number of hydrogen-bond acceptors (Lipinski definition) is 4. The standard InChI is InChI=1S/C17H26O4/c1-10-7-15-14(11(2)9-18)6-5-12(3)17(15,20)8-16(10)21-13(4)19/h7,9,11-12,14-16,20H,5-6,8H2,1-4H3/t11-,12-,14+,15-,16-,17-/m1/s1. The summed E-state index contributed by atoms with van der Waals surface area (Å²) in [4.78, 5) is 22.4. The highest BCUT2D eigenvalue weighted by atomic mass is 16.5. The zero-order valence-corrected chi connectivity index (χ0v) is 13.3. The van der Waals surface area contributed by atoms with Crippen molar-refractivity contribution in [2.45, 2.75) is 58.7 Å². The van der Waals surface area contributed by atoms with E-state index in [0.717, 1.165) is 24.7 Å². The van der Waals surface area contributed by atoms with E-state index in [0.29, 0.717) is 6.42 Å². The van der Waals surface area contributed by atoms with E-state index in [-0.39, 0.29) is 35.7 Å².